The molecule has 1 aliphatic carbocycles. The van der Waals surface area contributed by atoms with Gasteiger partial charge in [-0.25, -0.2) is 23.5 Å². The SMILES string of the molecule is CNS(=O)(=O)NC1=CC(C)CC(CN2C(=O)Oc3cc(OC(=O)N(C)C)ccc3C23CN(C(=O)OC(C)(C)C)C3)=C1F. The third-order valence-corrected chi connectivity index (χ3v) is 7.97. The van der Waals surface area contributed by atoms with Gasteiger partial charge in [0.2, 0.25) is 0 Å². The van der Waals surface area contributed by atoms with Crippen molar-refractivity contribution < 1.29 is 41.4 Å². The Morgan fingerprint density at radius 3 is 2.50 bits per heavy atom. The molecule has 3 amide bonds. The van der Waals surface area contributed by atoms with E-state index in [1.54, 1.807) is 39.8 Å². The third-order valence-electron chi connectivity index (χ3n) is 6.94. The third kappa shape index (κ3) is 6.31. The van der Waals surface area contributed by atoms with Crippen LogP contribution in [0.5, 0.6) is 11.5 Å². The lowest BCUT2D eigenvalue weighted by molar-refractivity contribution is -0.0633. The Balaban J connectivity index is 1.71. The van der Waals surface area contributed by atoms with E-state index in [1.165, 1.54) is 48.0 Å². The van der Waals surface area contributed by atoms with Gasteiger partial charge in [-0.3, -0.25) is 9.62 Å². The van der Waals surface area contributed by atoms with E-state index in [1.807, 2.05) is 0 Å². The summed E-state index contributed by atoms with van der Waals surface area (Å²) in [5.74, 6) is -0.756. The van der Waals surface area contributed by atoms with Gasteiger partial charge in [-0.2, -0.15) is 8.42 Å². The van der Waals surface area contributed by atoms with Gasteiger partial charge in [0, 0.05) is 39.3 Å². The van der Waals surface area contributed by atoms with Crippen LogP contribution in [-0.2, 0) is 20.5 Å². The average Bonchev–Trinajstić information content (AvgIpc) is 2.84. The second kappa shape index (κ2) is 11.1. The Labute approximate surface area is 244 Å². The van der Waals surface area contributed by atoms with Crippen LogP contribution in [0.15, 0.2) is 41.4 Å². The molecule has 1 saturated heterocycles. The summed E-state index contributed by atoms with van der Waals surface area (Å²) in [4.78, 5) is 42.5. The highest BCUT2D eigenvalue weighted by Gasteiger charge is 2.58. The normalized spacial score (nSPS) is 19.9. The number of nitrogens with zero attached hydrogens (tertiary/aromatic N) is 3. The number of nitrogens with one attached hydrogen (secondary N) is 2. The Bertz CT molecular complexity index is 1460. The molecule has 0 radical (unpaired) electrons. The molecule has 42 heavy (non-hydrogen) atoms. The molecule has 0 aromatic heterocycles. The van der Waals surface area contributed by atoms with Gasteiger partial charge in [0.1, 0.15) is 28.5 Å². The van der Waals surface area contributed by atoms with E-state index in [4.69, 9.17) is 14.2 Å². The molecule has 1 unspecified atom stereocenters. The summed E-state index contributed by atoms with van der Waals surface area (Å²) < 4.78 is 60.5. The highest BCUT2D eigenvalue weighted by molar-refractivity contribution is 7.87. The van der Waals surface area contributed by atoms with E-state index in [-0.39, 0.29) is 54.7 Å². The topological polar surface area (TPSA) is 147 Å². The molecule has 0 saturated carbocycles. The highest BCUT2D eigenvalue weighted by Crippen LogP contribution is 2.48. The van der Waals surface area contributed by atoms with Crippen molar-refractivity contribution in [1.29, 1.82) is 0 Å². The summed E-state index contributed by atoms with van der Waals surface area (Å²) >= 11 is 0. The number of amides is 3. The van der Waals surface area contributed by atoms with Gasteiger partial charge in [-0.1, -0.05) is 13.0 Å². The predicted octanol–water partition coefficient (Wildman–Crippen LogP) is 3.21. The fraction of sp³-hybridized carbons (Fsp3) is 0.519. The second-order valence-corrected chi connectivity index (χ2v) is 13.4. The smallest absolute Gasteiger partial charge is 0.416 e. The lowest BCUT2D eigenvalue weighted by atomic mass is 9.78. The molecular weight excluding hydrogens is 573 g/mol. The maximum atomic E-state index is 15.7. The first kappa shape index (κ1) is 31.1. The van der Waals surface area contributed by atoms with Gasteiger partial charge in [0.25, 0.3) is 10.2 Å². The molecule has 2 heterocycles. The van der Waals surface area contributed by atoms with Crippen LogP contribution in [0, 0.1) is 5.92 Å². The van der Waals surface area contributed by atoms with Crippen molar-refractivity contribution in [3.05, 3.63) is 46.9 Å². The Morgan fingerprint density at radius 1 is 1.24 bits per heavy atom. The molecule has 15 heteroatoms. The van der Waals surface area contributed by atoms with Crippen molar-refractivity contribution in [3.63, 3.8) is 0 Å². The molecule has 1 aromatic carbocycles. The molecule has 13 nitrogen and oxygen atoms in total. The van der Waals surface area contributed by atoms with E-state index in [2.05, 4.69) is 9.44 Å². The van der Waals surface area contributed by atoms with Crippen molar-refractivity contribution in [2.24, 2.45) is 5.92 Å². The van der Waals surface area contributed by atoms with Gasteiger partial charge in [-0.15, -0.1) is 0 Å². The quantitative estimate of drug-likeness (QED) is 0.500. The monoisotopic (exact) mass is 609 g/mol. The molecule has 2 N–H and O–H groups in total. The Morgan fingerprint density at radius 2 is 1.90 bits per heavy atom. The van der Waals surface area contributed by atoms with Gasteiger partial charge in [-0.05, 0) is 50.8 Å². The summed E-state index contributed by atoms with van der Waals surface area (Å²) in [6, 6.07) is 4.60. The van der Waals surface area contributed by atoms with Crippen LogP contribution in [0.3, 0.4) is 0 Å². The van der Waals surface area contributed by atoms with Gasteiger partial charge in [0.05, 0.1) is 18.8 Å². The van der Waals surface area contributed by atoms with Gasteiger partial charge >= 0.3 is 18.3 Å². The maximum absolute atomic E-state index is 15.7. The number of hydrogen-bond donors (Lipinski definition) is 2. The molecular formula is C27H36FN5O8S. The number of rotatable bonds is 6. The number of carbonyl (C=O) groups excluding carboxylic acids is 3. The molecule has 0 bridgehead atoms. The van der Waals surface area contributed by atoms with Crippen LogP contribution in [0.1, 0.15) is 39.7 Å². The van der Waals surface area contributed by atoms with E-state index >= 15 is 4.39 Å². The lowest BCUT2D eigenvalue weighted by Gasteiger charge is -2.57. The van der Waals surface area contributed by atoms with Crippen LogP contribution in [0.4, 0.5) is 18.8 Å². The summed E-state index contributed by atoms with van der Waals surface area (Å²) in [6.07, 6.45) is -0.314. The van der Waals surface area contributed by atoms with Crippen LogP contribution < -0.4 is 18.9 Å². The Kier molecular flexibility index (Phi) is 8.21. The molecule has 1 atom stereocenters. The van der Waals surface area contributed by atoms with Crippen LogP contribution in [0.25, 0.3) is 0 Å². The molecule has 2 aliphatic heterocycles. The lowest BCUT2D eigenvalue weighted by Crippen LogP contribution is -2.72. The first-order valence-electron chi connectivity index (χ1n) is 13.3. The van der Waals surface area contributed by atoms with Crippen LogP contribution in [0.2, 0.25) is 0 Å². The molecule has 4 rings (SSSR count). The highest BCUT2D eigenvalue weighted by atomic mass is 32.2. The first-order chi connectivity index (χ1) is 19.4. The predicted molar refractivity (Wildman–Crippen MR) is 149 cm³/mol. The number of carbonyl (C=O) groups is 3. The zero-order chi connectivity index (χ0) is 31.2. The fourth-order valence-electron chi connectivity index (χ4n) is 4.98. The average molecular weight is 610 g/mol. The van der Waals surface area contributed by atoms with Crippen molar-refractivity contribution in [3.8, 4) is 11.5 Å². The first-order valence-corrected chi connectivity index (χ1v) is 14.7. The molecule has 3 aliphatic rings. The van der Waals surface area contributed by atoms with E-state index in [0.717, 1.165) is 0 Å². The van der Waals surface area contributed by atoms with E-state index in [9.17, 15) is 22.8 Å². The van der Waals surface area contributed by atoms with Crippen molar-refractivity contribution in [1.82, 2.24) is 24.1 Å². The summed E-state index contributed by atoms with van der Waals surface area (Å²) in [5.41, 5.74) is -1.37. The molecule has 1 fully saturated rings. The zero-order valence-corrected chi connectivity index (χ0v) is 25.4. The standard InChI is InChI=1S/C27H36FN5O8S/c1-16-10-17(22(28)20(11-16)30-42(37,38)29-5)13-33-25(36)40-21-12-18(39-23(34)31(6)7)8-9-19(21)27(33)14-32(15-27)24(35)41-26(2,3)4/h8-9,11-12,16,29-30H,10,13-15H2,1-7H3. The Hall–Kier alpha value is -3.85. The van der Waals surface area contributed by atoms with Crippen molar-refractivity contribution >= 4 is 28.5 Å². The second-order valence-electron chi connectivity index (χ2n) is 11.7. The molecule has 230 valence electrons. The van der Waals surface area contributed by atoms with Crippen molar-refractivity contribution in [2.75, 3.05) is 40.8 Å². The molecule has 1 spiro atoms. The number of halogens is 1. The number of allylic oxidation sites excluding steroid dienone is 2. The summed E-state index contributed by atoms with van der Waals surface area (Å²) in [5, 5.41) is 0. The minimum Gasteiger partial charge on any atom is -0.444 e. The minimum absolute atomic E-state index is 0.0282. The number of hydrogen-bond acceptors (Lipinski definition) is 8. The van der Waals surface area contributed by atoms with E-state index in [0.29, 0.717) is 5.56 Å². The number of benzene rings is 1. The minimum atomic E-state index is -3.99. The number of fused-ring (bicyclic) bond motifs is 2. The largest absolute Gasteiger partial charge is 0.444 e. The summed E-state index contributed by atoms with van der Waals surface area (Å²) in [6.45, 7) is 6.84. The van der Waals surface area contributed by atoms with Crippen molar-refractivity contribution in [2.45, 2.75) is 45.3 Å². The van der Waals surface area contributed by atoms with Gasteiger partial charge in [0.15, 0.2) is 0 Å². The molecule has 1 aromatic rings. The van der Waals surface area contributed by atoms with E-state index < -0.39 is 45.5 Å². The zero-order valence-electron chi connectivity index (χ0n) is 24.6. The number of ether oxygens (including phenoxy) is 3. The number of likely N-dealkylation sites (tertiary alicyclic amines) is 1. The summed E-state index contributed by atoms with van der Waals surface area (Å²) in [7, 11) is 0.254. The van der Waals surface area contributed by atoms with Gasteiger partial charge < -0.3 is 24.0 Å². The van der Waals surface area contributed by atoms with Crippen LogP contribution >= 0.6 is 0 Å². The van der Waals surface area contributed by atoms with Crippen LogP contribution in [-0.4, -0.2) is 87.8 Å². The maximum Gasteiger partial charge on any atom is 0.416 e. The fourth-order valence-corrected chi connectivity index (χ4v) is 5.53.